The average molecular weight is 1310 g/mol. The maximum atomic E-state index is 2.59. The molecule has 441 valence electrons. The van der Waals surface area contributed by atoms with Crippen LogP contribution in [-0.2, 0) is 17.4 Å². The van der Waals surface area contributed by atoms with E-state index in [1.54, 1.807) is 46.7 Å². The van der Waals surface area contributed by atoms with Crippen molar-refractivity contribution in [3.05, 3.63) is 287 Å². The third kappa shape index (κ3) is 15.5. The summed E-state index contributed by atoms with van der Waals surface area (Å²) in [4.78, 5) is 5.82. The molecule has 0 fully saturated rings. The van der Waals surface area contributed by atoms with Gasteiger partial charge in [-0.2, -0.15) is 0 Å². The van der Waals surface area contributed by atoms with E-state index in [-0.39, 0.29) is 17.4 Å². The van der Waals surface area contributed by atoms with Gasteiger partial charge in [-0.3, -0.25) is 14.4 Å². The molecule has 0 bridgehead atoms. The molecule has 9 aromatic rings. The molecule has 0 amide bonds. The first-order valence-electron chi connectivity index (χ1n) is 30.7. The molecule has 9 rings (SSSR count). The molecule has 0 saturated carbocycles. The van der Waals surface area contributed by atoms with E-state index in [1.807, 2.05) is 14.4 Å². The molecule has 1 radical (unpaired) electrons. The summed E-state index contributed by atoms with van der Waals surface area (Å²) in [6.45, 7) is 46.6. The minimum absolute atomic E-state index is 0. The normalized spacial score (nSPS) is 12.8. The van der Waals surface area contributed by atoms with Crippen LogP contribution in [0.5, 0.6) is 0 Å². The van der Waals surface area contributed by atoms with Crippen LogP contribution in [0, 0.1) is 14.4 Å². The second-order valence-corrected chi connectivity index (χ2v) is 71.5. The van der Waals surface area contributed by atoms with E-state index < -0.39 is 72.7 Å². The Morgan fingerprint density at radius 1 is 0.141 bits per heavy atom. The van der Waals surface area contributed by atoms with Gasteiger partial charge in [0.25, 0.3) is 0 Å². The van der Waals surface area contributed by atoms with Crippen molar-refractivity contribution in [1.29, 1.82) is 0 Å². The summed E-state index contributed by atoms with van der Waals surface area (Å²) in [5.41, 5.74) is 0. The Morgan fingerprint density at radius 3 is 0.282 bits per heavy atom. The molecule has 0 aliphatic rings. The van der Waals surface area contributed by atoms with Gasteiger partial charge >= 0.3 is 17.4 Å². The molecule has 0 aromatic heterocycles. The zero-order chi connectivity index (χ0) is 61.2. The van der Waals surface area contributed by atoms with Gasteiger partial charge in [0.05, 0.1) is 0 Å². The Hall–Kier alpha value is -4.54. The molecular weight excluding hydrogens is 1210 g/mol. The van der Waals surface area contributed by atoms with Crippen LogP contribution in [0.25, 0.3) is 0 Å². The fourth-order valence-corrected chi connectivity index (χ4v) is 91.9. The number of rotatable bonds is 18. The van der Waals surface area contributed by atoms with Gasteiger partial charge in [-0.1, -0.05) is 510 Å². The van der Waals surface area contributed by atoms with Gasteiger partial charge in [-0.15, -0.1) is 0 Å². The van der Waals surface area contributed by atoms with Gasteiger partial charge in [0, 0.05) is 0 Å². The minimum Gasteiger partial charge on any atom is -0.298 e. The van der Waals surface area contributed by atoms with Crippen molar-refractivity contribution in [2.45, 2.75) is 118 Å². The second-order valence-electron chi connectivity index (χ2n) is 28.0. The quantitative estimate of drug-likeness (QED) is 0.0593. The molecule has 0 aliphatic heterocycles. The minimum atomic E-state index is -1.81. The second kappa shape index (κ2) is 28.7. The predicted molar refractivity (Wildman–Crippen MR) is 402 cm³/mol. The summed E-state index contributed by atoms with van der Waals surface area (Å²) >= 11 is 0. The Morgan fingerprint density at radius 2 is 0.212 bits per heavy atom. The molecule has 0 saturated heterocycles. The van der Waals surface area contributed by atoms with Crippen LogP contribution in [0.15, 0.2) is 273 Å². The maximum Gasteiger partial charge on any atom is 3.00 e. The maximum absolute atomic E-state index is 2.59. The van der Waals surface area contributed by atoms with E-state index in [9.17, 15) is 0 Å². The molecule has 0 spiro atoms. The van der Waals surface area contributed by atoms with E-state index in [4.69, 9.17) is 0 Å². The Labute approximate surface area is 537 Å². The number of benzene rings is 9. The fraction of sp³-hybridized carbons (Fsp3) is 0.240. The van der Waals surface area contributed by atoms with Crippen LogP contribution >= 0.6 is 0 Å². The zero-order valence-corrected chi connectivity index (χ0v) is 65.2. The third-order valence-electron chi connectivity index (χ3n) is 19.1. The van der Waals surface area contributed by atoms with Crippen molar-refractivity contribution < 1.29 is 17.4 Å². The van der Waals surface area contributed by atoms with Gasteiger partial charge < -0.3 is 0 Å². The summed E-state index contributed by atoms with van der Waals surface area (Å²) in [5.74, 6) is 0. The smallest absolute Gasteiger partial charge is 0.298 e. The van der Waals surface area contributed by atoms with Gasteiger partial charge in [0.2, 0.25) is 0 Å². The Bertz CT molecular complexity index is 2660. The van der Waals surface area contributed by atoms with Crippen molar-refractivity contribution >= 4 is 119 Å². The van der Waals surface area contributed by atoms with E-state index in [0.29, 0.717) is 0 Å². The molecule has 0 nitrogen and oxygen atoms in total. The molecule has 9 aromatic carbocycles. The first-order valence-corrected chi connectivity index (χ1v) is 57.7. The van der Waals surface area contributed by atoms with Crippen molar-refractivity contribution in [2.75, 3.05) is 0 Å². The van der Waals surface area contributed by atoms with Crippen LogP contribution in [0.3, 0.4) is 0 Å². The number of hydrogen-bond donors (Lipinski definition) is 0. The van der Waals surface area contributed by atoms with Crippen LogP contribution in [0.4, 0.5) is 0 Å². The summed E-state index contributed by atoms with van der Waals surface area (Å²) in [7, 11) is -16.2. The summed E-state index contributed by atoms with van der Waals surface area (Å²) in [6, 6.07) is 102. The van der Waals surface area contributed by atoms with E-state index >= 15 is 0 Å². The summed E-state index contributed by atoms with van der Waals surface area (Å²) in [5, 5.41) is 14.1. The van der Waals surface area contributed by atoms with Crippen LogP contribution in [0.2, 0.25) is 118 Å². The Balaban J connectivity index is 0.000000203. The largest absolute Gasteiger partial charge is 3.00 e. The molecule has 0 heterocycles. The molecule has 0 aliphatic carbocycles. The van der Waals surface area contributed by atoms with Crippen molar-refractivity contribution in [1.82, 2.24) is 0 Å². The topological polar surface area (TPSA) is 0 Å². The first kappa shape index (κ1) is 69.6. The SMILES string of the molecule is C[Si](C)(c1ccccc1)[C-]([Si](C)(C)c1ccccc1)[Si](C)(C)c1ccccc1.C[Si](C)(c1ccccc1)[C-]([Si](C)(C)c1ccccc1)[Si](C)(C)c1ccccc1.C[Si](C)(c1ccccc1)[C-]([Si](C)(C)c1ccccc1)[Si](C)(C)c1ccccc1.[Cr+3]. The molecule has 85 heavy (non-hydrogen) atoms. The molecule has 0 atom stereocenters. The Kier molecular flexibility index (Phi) is 23.5. The van der Waals surface area contributed by atoms with Crippen LogP contribution < -0.4 is 46.7 Å². The molecule has 10 heteroatoms. The van der Waals surface area contributed by atoms with Crippen LogP contribution in [0.1, 0.15) is 0 Å². The monoisotopic (exact) mass is 1300 g/mol. The van der Waals surface area contributed by atoms with Crippen LogP contribution in [-0.4, -0.2) is 72.7 Å². The van der Waals surface area contributed by atoms with Crippen molar-refractivity contribution in [2.24, 2.45) is 0 Å². The summed E-state index contributed by atoms with van der Waals surface area (Å²) in [6.07, 6.45) is 0. The first-order chi connectivity index (χ1) is 39.5. The molecule has 0 unspecified atom stereocenters. The van der Waals surface area contributed by atoms with Gasteiger partial charge in [-0.05, 0) is 0 Å². The average Bonchev–Trinajstić information content (AvgIpc) is 1.13. The third-order valence-corrected chi connectivity index (χ3v) is 80.1. The van der Waals surface area contributed by atoms with Crippen molar-refractivity contribution in [3.63, 3.8) is 0 Å². The summed E-state index contributed by atoms with van der Waals surface area (Å²) < 4.78 is 0. The van der Waals surface area contributed by atoms with Gasteiger partial charge in [-0.25, -0.2) is 0 Å². The molecule has 0 N–H and O–H groups in total. The van der Waals surface area contributed by atoms with E-state index in [1.165, 1.54) is 0 Å². The molecular formula is C75H99CrSi9. The number of hydrogen-bond acceptors (Lipinski definition) is 0. The predicted octanol–water partition coefficient (Wildman–Crippen LogP) is 15.1. The van der Waals surface area contributed by atoms with Crippen molar-refractivity contribution in [3.8, 4) is 0 Å². The van der Waals surface area contributed by atoms with E-state index in [2.05, 4.69) is 391 Å². The zero-order valence-electron chi connectivity index (χ0n) is 54.9. The van der Waals surface area contributed by atoms with Gasteiger partial charge in [0.15, 0.2) is 0 Å². The van der Waals surface area contributed by atoms with E-state index in [0.717, 1.165) is 0 Å². The fourth-order valence-electron chi connectivity index (χ4n) is 16.0. The standard InChI is InChI=1S/3C25H33Si3.Cr/c3*1-26(2,22-16-10-7-11-17-22)25(27(3,4)23-18-12-8-13-19-23)28(5,6)24-20-14-9-15-21-24;/h3*7-21H,1-6H3;/q3*-1;+3. The van der Waals surface area contributed by atoms with Gasteiger partial charge in [0.1, 0.15) is 0 Å².